The summed E-state index contributed by atoms with van der Waals surface area (Å²) in [6.07, 6.45) is 1.58. The van der Waals surface area contributed by atoms with Gasteiger partial charge in [0.2, 0.25) is 0 Å². The number of morpholine rings is 1. The third-order valence-corrected chi connectivity index (χ3v) is 5.73. The number of carbonyl (C=O) groups is 1. The number of anilines is 1. The highest BCUT2D eigenvalue weighted by Crippen LogP contribution is 2.33. The summed E-state index contributed by atoms with van der Waals surface area (Å²) in [7, 11) is -4.16. The van der Waals surface area contributed by atoms with Crippen LogP contribution in [0.5, 0.6) is 0 Å². The molecule has 0 aromatic carbocycles. The molecule has 8 nitrogen and oxygen atoms in total. The minimum absolute atomic E-state index is 0.183. The Labute approximate surface area is 154 Å². The summed E-state index contributed by atoms with van der Waals surface area (Å²) in [4.78, 5) is 15.9. The van der Waals surface area contributed by atoms with Crippen molar-refractivity contribution in [3.05, 3.63) is 22.8 Å². The lowest BCUT2D eigenvalue weighted by Gasteiger charge is -2.26. The van der Waals surface area contributed by atoms with E-state index in [1.807, 2.05) is 6.07 Å². The Morgan fingerprint density at radius 2 is 2.04 bits per heavy atom. The van der Waals surface area contributed by atoms with Gasteiger partial charge in [0.1, 0.15) is 10.1 Å². The molecule has 2 aliphatic heterocycles. The molecular formula is C14H16N2O6S3. The molecule has 0 saturated carbocycles. The highest BCUT2D eigenvalue weighted by atomic mass is 32.2. The van der Waals surface area contributed by atoms with E-state index in [1.165, 1.54) is 0 Å². The SMILES string of the molecule is O=C1/C(=C/c2ccc(N3CCOCC3)o2)SC(=S)N1CCS(=O)(=O)O. The molecule has 11 heteroatoms. The fraction of sp³-hybridized carbons (Fsp3) is 0.429. The monoisotopic (exact) mass is 404 g/mol. The largest absolute Gasteiger partial charge is 0.441 e. The number of rotatable bonds is 5. The first kappa shape index (κ1) is 18.4. The van der Waals surface area contributed by atoms with E-state index in [2.05, 4.69) is 4.90 Å². The van der Waals surface area contributed by atoms with Crippen molar-refractivity contribution in [2.24, 2.45) is 0 Å². The fourth-order valence-corrected chi connectivity index (χ4v) is 4.10. The van der Waals surface area contributed by atoms with Crippen LogP contribution in [0.4, 0.5) is 5.88 Å². The van der Waals surface area contributed by atoms with Crippen molar-refractivity contribution in [1.82, 2.24) is 4.90 Å². The number of ether oxygens (including phenoxy) is 1. The van der Waals surface area contributed by atoms with Crippen LogP contribution in [-0.4, -0.2) is 66.7 Å². The third kappa shape index (κ3) is 4.61. The van der Waals surface area contributed by atoms with Gasteiger partial charge in [0, 0.05) is 31.8 Å². The molecule has 3 rings (SSSR count). The molecule has 0 bridgehead atoms. The molecule has 0 unspecified atom stereocenters. The summed E-state index contributed by atoms with van der Waals surface area (Å²) >= 11 is 6.18. The average Bonchev–Trinajstić information content (AvgIpc) is 3.12. The standard InChI is InChI=1S/C14H16N2O6S3/c17-13-11(24-14(23)16(13)5-8-25(18,19)20)9-10-1-2-12(22-10)15-3-6-21-7-4-15/h1-2,9H,3-8H2,(H,18,19,20)/b11-9-. The molecule has 136 valence electrons. The topological polar surface area (TPSA) is 100 Å². The molecule has 1 aromatic heterocycles. The third-order valence-electron chi connectivity index (χ3n) is 3.66. The molecular weight excluding hydrogens is 388 g/mol. The second kappa shape index (κ2) is 7.46. The van der Waals surface area contributed by atoms with Crippen LogP contribution in [0.1, 0.15) is 5.76 Å². The quantitative estimate of drug-likeness (QED) is 0.441. The van der Waals surface area contributed by atoms with Crippen LogP contribution in [0.25, 0.3) is 6.08 Å². The van der Waals surface area contributed by atoms with E-state index in [9.17, 15) is 13.2 Å². The van der Waals surface area contributed by atoms with E-state index in [1.54, 1.807) is 12.1 Å². The zero-order chi connectivity index (χ0) is 18.0. The number of thioether (sulfide) groups is 1. The Bertz CT molecular complexity index is 810. The van der Waals surface area contributed by atoms with Crippen LogP contribution in [0.2, 0.25) is 0 Å². The van der Waals surface area contributed by atoms with Crippen LogP contribution in [0.15, 0.2) is 21.5 Å². The first-order valence-electron chi connectivity index (χ1n) is 7.46. The van der Waals surface area contributed by atoms with Crippen LogP contribution in [-0.2, 0) is 19.6 Å². The molecule has 0 aliphatic carbocycles. The first-order valence-corrected chi connectivity index (χ1v) is 10.3. The van der Waals surface area contributed by atoms with E-state index in [4.69, 9.17) is 25.9 Å². The van der Waals surface area contributed by atoms with Gasteiger partial charge in [-0.05, 0) is 6.07 Å². The van der Waals surface area contributed by atoms with E-state index >= 15 is 0 Å². The maximum atomic E-state index is 12.3. The van der Waals surface area contributed by atoms with Crippen LogP contribution < -0.4 is 4.90 Å². The molecule has 3 heterocycles. The summed E-state index contributed by atoms with van der Waals surface area (Å²) in [6, 6.07) is 3.59. The molecule has 0 atom stereocenters. The van der Waals surface area contributed by atoms with Crippen molar-refractivity contribution < 1.29 is 26.9 Å². The van der Waals surface area contributed by atoms with Gasteiger partial charge in [-0.2, -0.15) is 8.42 Å². The second-order valence-corrected chi connectivity index (χ2v) is 8.64. The highest BCUT2D eigenvalue weighted by molar-refractivity contribution is 8.26. The van der Waals surface area contributed by atoms with Gasteiger partial charge < -0.3 is 14.1 Å². The lowest BCUT2D eigenvalue weighted by atomic mass is 10.3. The van der Waals surface area contributed by atoms with Crippen LogP contribution in [0, 0.1) is 0 Å². The fourth-order valence-electron chi connectivity index (χ4n) is 2.40. The van der Waals surface area contributed by atoms with Crippen LogP contribution in [0.3, 0.4) is 0 Å². The number of thiocarbonyl (C=S) groups is 1. The lowest BCUT2D eigenvalue weighted by molar-refractivity contribution is -0.121. The lowest BCUT2D eigenvalue weighted by Crippen LogP contribution is -2.35. The van der Waals surface area contributed by atoms with E-state index in [-0.39, 0.29) is 10.9 Å². The Kier molecular flexibility index (Phi) is 5.49. The van der Waals surface area contributed by atoms with E-state index in [0.717, 1.165) is 29.8 Å². The predicted molar refractivity (Wildman–Crippen MR) is 98.0 cm³/mol. The normalized spacial score (nSPS) is 20.8. The number of amides is 1. The van der Waals surface area contributed by atoms with Gasteiger partial charge in [-0.15, -0.1) is 0 Å². The molecule has 25 heavy (non-hydrogen) atoms. The molecule has 2 fully saturated rings. The predicted octanol–water partition coefficient (Wildman–Crippen LogP) is 1.21. The Hall–Kier alpha value is -1.40. The summed E-state index contributed by atoms with van der Waals surface area (Å²) < 4.78 is 41.8. The summed E-state index contributed by atoms with van der Waals surface area (Å²) in [5, 5.41) is 0. The molecule has 1 amide bonds. The smallest absolute Gasteiger partial charge is 0.266 e. The summed E-state index contributed by atoms with van der Waals surface area (Å²) in [5.41, 5.74) is 0. The molecule has 2 saturated heterocycles. The minimum Gasteiger partial charge on any atom is -0.441 e. The highest BCUT2D eigenvalue weighted by Gasteiger charge is 2.33. The summed E-state index contributed by atoms with van der Waals surface area (Å²) in [6.45, 7) is 2.58. The summed E-state index contributed by atoms with van der Waals surface area (Å²) in [5.74, 6) is 0.255. The Balaban J connectivity index is 1.70. The molecule has 0 radical (unpaired) electrons. The zero-order valence-electron chi connectivity index (χ0n) is 13.1. The first-order chi connectivity index (χ1) is 11.8. The van der Waals surface area contributed by atoms with Gasteiger partial charge in [0.05, 0.1) is 23.9 Å². The van der Waals surface area contributed by atoms with Gasteiger partial charge in [0.15, 0.2) is 5.88 Å². The van der Waals surface area contributed by atoms with Crippen molar-refractivity contribution in [2.45, 2.75) is 0 Å². The second-order valence-electron chi connectivity index (χ2n) is 5.39. The molecule has 2 aliphatic rings. The number of nitrogens with zero attached hydrogens (tertiary/aromatic N) is 2. The van der Waals surface area contributed by atoms with Crippen molar-refractivity contribution in [2.75, 3.05) is 43.5 Å². The Morgan fingerprint density at radius 3 is 2.72 bits per heavy atom. The van der Waals surface area contributed by atoms with Gasteiger partial charge in [-0.25, -0.2) is 0 Å². The van der Waals surface area contributed by atoms with E-state index < -0.39 is 21.8 Å². The molecule has 1 aromatic rings. The van der Waals surface area contributed by atoms with Gasteiger partial charge in [-0.3, -0.25) is 14.2 Å². The van der Waals surface area contributed by atoms with Crippen molar-refractivity contribution in [3.8, 4) is 0 Å². The van der Waals surface area contributed by atoms with Crippen LogP contribution >= 0.6 is 24.0 Å². The zero-order valence-corrected chi connectivity index (χ0v) is 15.5. The van der Waals surface area contributed by atoms with E-state index in [0.29, 0.717) is 29.8 Å². The number of furan rings is 1. The van der Waals surface area contributed by atoms with Crippen molar-refractivity contribution >= 4 is 56.3 Å². The molecule has 1 N–H and O–H groups in total. The van der Waals surface area contributed by atoms with Crippen molar-refractivity contribution in [1.29, 1.82) is 0 Å². The Morgan fingerprint density at radius 1 is 1.32 bits per heavy atom. The number of carbonyl (C=O) groups excluding carboxylic acids is 1. The number of hydrogen-bond donors (Lipinski definition) is 1. The maximum absolute atomic E-state index is 12.3. The minimum atomic E-state index is -4.16. The van der Waals surface area contributed by atoms with Gasteiger partial charge in [0.25, 0.3) is 16.0 Å². The molecule has 0 spiro atoms. The average molecular weight is 404 g/mol. The van der Waals surface area contributed by atoms with Gasteiger partial charge >= 0.3 is 0 Å². The maximum Gasteiger partial charge on any atom is 0.266 e. The number of hydrogen-bond acceptors (Lipinski definition) is 8. The van der Waals surface area contributed by atoms with Crippen molar-refractivity contribution in [3.63, 3.8) is 0 Å². The van der Waals surface area contributed by atoms with Gasteiger partial charge in [-0.1, -0.05) is 24.0 Å².